The van der Waals surface area contributed by atoms with Crippen molar-refractivity contribution >= 4 is 5.91 Å². The Balaban J connectivity index is 2.41. The van der Waals surface area contributed by atoms with Crippen LogP contribution in [0, 0.1) is 0 Å². The summed E-state index contributed by atoms with van der Waals surface area (Å²) < 4.78 is 5.03. The summed E-state index contributed by atoms with van der Waals surface area (Å²) in [5.41, 5.74) is 0. The first kappa shape index (κ1) is 10.5. The van der Waals surface area contributed by atoms with Gasteiger partial charge in [-0.2, -0.15) is 0 Å². The highest BCUT2D eigenvalue weighted by molar-refractivity contribution is 5.73. The lowest BCUT2D eigenvalue weighted by Crippen LogP contribution is -2.43. The molecule has 1 rings (SSSR count). The number of nitrogens with zero attached hydrogens (tertiary/aromatic N) is 1. The maximum absolute atomic E-state index is 11.3. The van der Waals surface area contributed by atoms with Crippen LogP contribution in [-0.4, -0.2) is 37.1 Å². The van der Waals surface area contributed by atoms with Crippen LogP contribution in [0.1, 0.15) is 32.6 Å². The number of methoxy groups -OCH3 is 1. The average Bonchev–Trinajstić information content (AvgIpc) is 2.15. The van der Waals surface area contributed by atoms with Crippen LogP contribution in [0.3, 0.4) is 0 Å². The highest BCUT2D eigenvalue weighted by Gasteiger charge is 2.23. The van der Waals surface area contributed by atoms with Crippen LogP contribution in [0.4, 0.5) is 0 Å². The van der Waals surface area contributed by atoms with Crippen LogP contribution in [0.25, 0.3) is 0 Å². The lowest BCUT2D eigenvalue weighted by molar-refractivity contribution is -0.132. The number of carbonyl (C=O) groups is 1. The molecule has 1 fully saturated rings. The lowest BCUT2D eigenvalue weighted by Gasteiger charge is -2.35. The molecule has 1 aliphatic heterocycles. The largest absolute Gasteiger partial charge is 0.385 e. The first-order valence-electron chi connectivity index (χ1n) is 5.02. The van der Waals surface area contributed by atoms with Gasteiger partial charge in [0.1, 0.15) is 0 Å². The molecule has 1 aliphatic rings. The zero-order valence-corrected chi connectivity index (χ0v) is 8.58. The molecule has 1 amide bonds. The van der Waals surface area contributed by atoms with Crippen molar-refractivity contribution in [3.05, 3.63) is 0 Å². The Labute approximate surface area is 80.1 Å². The quantitative estimate of drug-likeness (QED) is 0.665. The number of hydrogen-bond donors (Lipinski definition) is 0. The highest BCUT2D eigenvalue weighted by Crippen LogP contribution is 2.19. The Hall–Kier alpha value is -0.570. The van der Waals surface area contributed by atoms with E-state index in [4.69, 9.17) is 4.74 Å². The maximum Gasteiger partial charge on any atom is 0.219 e. The molecule has 0 aromatic carbocycles. The molecule has 13 heavy (non-hydrogen) atoms. The highest BCUT2D eigenvalue weighted by atomic mass is 16.5. The molecule has 76 valence electrons. The molecule has 1 heterocycles. The van der Waals surface area contributed by atoms with E-state index in [-0.39, 0.29) is 5.91 Å². The van der Waals surface area contributed by atoms with Crippen LogP contribution >= 0.6 is 0 Å². The average molecular weight is 185 g/mol. The molecule has 0 aromatic heterocycles. The minimum absolute atomic E-state index is 0.209. The molecule has 0 spiro atoms. The van der Waals surface area contributed by atoms with Gasteiger partial charge in [-0.3, -0.25) is 4.79 Å². The Morgan fingerprint density at radius 2 is 2.31 bits per heavy atom. The molecule has 0 aliphatic carbocycles. The number of hydrogen-bond acceptors (Lipinski definition) is 2. The predicted octanol–water partition coefficient (Wildman–Crippen LogP) is 1.42. The molecular formula is C10H19NO2. The molecule has 3 heteroatoms. The third-order valence-electron chi connectivity index (χ3n) is 2.69. The summed E-state index contributed by atoms with van der Waals surface area (Å²) in [5, 5.41) is 0. The van der Waals surface area contributed by atoms with E-state index in [1.807, 2.05) is 4.90 Å². The van der Waals surface area contributed by atoms with Crippen molar-refractivity contribution in [2.24, 2.45) is 0 Å². The molecule has 0 aromatic rings. The summed E-state index contributed by atoms with van der Waals surface area (Å²) >= 11 is 0. The number of ether oxygens (including phenoxy) is 1. The number of likely N-dealkylation sites (tertiary alicyclic amines) is 1. The molecule has 1 saturated heterocycles. The summed E-state index contributed by atoms with van der Waals surface area (Å²) in [5.74, 6) is 0.209. The third-order valence-corrected chi connectivity index (χ3v) is 2.69. The second kappa shape index (κ2) is 5.22. The number of amides is 1. The van der Waals surface area contributed by atoms with Crippen molar-refractivity contribution in [1.29, 1.82) is 0 Å². The minimum Gasteiger partial charge on any atom is -0.385 e. The molecule has 1 atom stereocenters. The normalized spacial score (nSPS) is 23.2. The van der Waals surface area contributed by atoms with Gasteiger partial charge in [0.25, 0.3) is 0 Å². The van der Waals surface area contributed by atoms with Gasteiger partial charge in [-0.25, -0.2) is 0 Å². The number of rotatable bonds is 3. The molecule has 3 nitrogen and oxygen atoms in total. The molecule has 1 unspecified atom stereocenters. The topological polar surface area (TPSA) is 29.5 Å². The van der Waals surface area contributed by atoms with Crippen molar-refractivity contribution in [3.63, 3.8) is 0 Å². The lowest BCUT2D eigenvalue weighted by atomic mass is 10.00. The summed E-state index contributed by atoms with van der Waals surface area (Å²) in [4.78, 5) is 13.2. The van der Waals surface area contributed by atoms with Gasteiger partial charge in [-0.1, -0.05) is 0 Å². The summed E-state index contributed by atoms with van der Waals surface area (Å²) in [6.45, 7) is 3.35. The van der Waals surface area contributed by atoms with Crippen LogP contribution in [0.2, 0.25) is 0 Å². The first-order chi connectivity index (χ1) is 6.25. The smallest absolute Gasteiger partial charge is 0.219 e. The fourth-order valence-electron chi connectivity index (χ4n) is 1.97. The Kier molecular flexibility index (Phi) is 4.22. The van der Waals surface area contributed by atoms with E-state index in [0.717, 1.165) is 32.4 Å². The molecule has 0 N–H and O–H groups in total. The third kappa shape index (κ3) is 2.99. The van der Waals surface area contributed by atoms with Crippen LogP contribution < -0.4 is 0 Å². The number of carbonyl (C=O) groups excluding carboxylic acids is 1. The SMILES string of the molecule is COCCC1CCCCN1C(C)=O. The van der Waals surface area contributed by atoms with E-state index in [2.05, 4.69) is 0 Å². The van der Waals surface area contributed by atoms with Crippen LogP contribution in [0.15, 0.2) is 0 Å². The Morgan fingerprint density at radius 3 is 2.92 bits per heavy atom. The van der Waals surface area contributed by atoms with E-state index in [1.165, 1.54) is 6.42 Å². The van der Waals surface area contributed by atoms with Gasteiger partial charge < -0.3 is 9.64 Å². The van der Waals surface area contributed by atoms with Crippen molar-refractivity contribution in [1.82, 2.24) is 4.90 Å². The van der Waals surface area contributed by atoms with E-state index in [0.29, 0.717) is 6.04 Å². The fourth-order valence-corrected chi connectivity index (χ4v) is 1.97. The summed E-state index contributed by atoms with van der Waals surface area (Å²) in [7, 11) is 1.71. The van der Waals surface area contributed by atoms with E-state index < -0.39 is 0 Å². The Morgan fingerprint density at radius 1 is 1.54 bits per heavy atom. The molecule has 0 saturated carbocycles. The maximum atomic E-state index is 11.3. The second-order valence-electron chi connectivity index (χ2n) is 3.64. The van der Waals surface area contributed by atoms with Crippen LogP contribution in [0.5, 0.6) is 0 Å². The van der Waals surface area contributed by atoms with Crippen molar-refractivity contribution in [3.8, 4) is 0 Å². The minimum atomic E-state index is 0.209. The first-order valence-corrected chi connectivity index (χ1v) is 5.02. The standard InChI is InChI=1S/C10H19NO2/c1-9(12)11-7-4-3-5-10(11)6-8-13-2/h10H,3-8H2,1-2H3. The number of piperidine rings is 1. The van der Waals surface area contributed by atoms with E-state index in [1.54, 1.807) is 14.0 Å². The van der Waals surface area contributed by atoms with Crippen molar-refractivity contribution in [2.45, 2.75) is 38.6 Å². The van der Waals surface area contributed by atoms with Crippen molar-refractivity contribution < 1.29 is 9.53 Å². The van der Waals surface area contributed by atoms with Gasteiger partial charge in [0.2, 0.25) is 5.91 Å². The molecule has 0 radical (unpaired) electrons. The van der Waals surface area contributed by atoms with E-state index in [9.17, 15) is 4.79 Å². The zero-order chi connectivity index (χ0) is 9.68. The van der Waals surface area contributed by atoms with Gasteiger partial charge in [-0.15, -0.1) is 0 Å². The Bertz CT molecular complexity index is 170. The van der Waals surface area contributed by atoms with Gasteiger partial charge in [0, 0.05) is 33.2 Å². The van der Waals surface area contributed by atoms with Gasteiger partial charge in [0.05, 0.1) is 0 Å². The second-order valence-corrected chi connectivity index (χ2v) is 3.64. The fraction of sp³-hybridized carbons (Fsp3) is 0.900. The zero-order valence-electron chi connectivity index (χ0n) is 8.58. The predicted molar refractivity (Wildman–Crippen MR) is 51.5 cm³/mol. The summed E-state index contributed by atoms with van der Waals surface area (Å²) in [6.07, 6.45) is 4.53. The van der Waals surface area contributed by atoms with Crippen LogP contribution in [-0.2, 0) is 9.53 Å². The summed E-state index contributed by atoms with van der Waals surface area (Å²) in [6, 6.07) is 0.422. The van der Waals surface area contributed by atoms with E-state index >= 15 is 0 Å². The van der Waals surface area contributed by atoms with Gasteiger partial charge >= 0.3 is 0 Å². The van der Waals surface area contributed by atoms with Gasteiger partial charge in [0.15, 0.2) is 0 Å². The van der Waals surface area contributed by atoms with Gasteiger partial charge in [-0.05, 0) is 25.7 Å². The molecule has 0 bridgehead atoms. The van der Waals surface area contributed by atoms with Crippen molar-refractivity contribution in [2.75, 3.05) is 20.3 Å². The molecular weight excluding hydrogens is 166 g/mol. The monoisotopic (exact) mass is 185 g/mol.